The number of aryl methyl sites for hydroxylation is 2. The van der Waals surface area contributed by atoms with Crippen LogP contribution in [0.1, 0.15) is 41.8 Å². The van der Waals surface area contributed by atoms with Crippen LogP contribution in [0.15, 0.2) is 59.6 Å². The van der Waals surface area contributed by atoms with Crippen molar-refractivity contribution in [2.45, 2.75) is 46.2 Å². The molecule has 0 bridgehead atoms. The lowest BCUT2D eigenvalue weighted by atomic mass is 9.85. The summed E-state index contributed by atoms with van der Waals surface area (Å²) >= 11 is 0. The SMILES string of the molecule is CN=C(NCc1cccc(NC(=O)C2CCC2)c1)NCc1ccccc1-n1nc(C)cc1C. The molecule has 1 aromatic heterocycles. The number of anilines is 1. The molecule has 1 fully saturated rings. The number of guanidine groups is 1. The molecule has 4 rings (SSSR count). The maximum atomic E-state index is 12.2. The van der Waals surface area contributed by atoms with Crippen molar-refractivity contribution in [3.8, 4) is 5.69 Å². The highest BCUT2D eigenvalue weighted by molar-refractivity contribution is 5.93. The largest absolute Gasteiger partial charge is 0.352 e. The summed E-state index contributed by atoms with van der Waals surface area (Å²) in [6.45, 7) is 5.29. The van der Waals surface area contributed by atoms with Crippen LogP contribution in [0.2, 0.25) is 0 Å². The molecule has 0 saturated heterocycles. The Kier molecular flexibility index (Phi) is 7.07. The van der Waals surface area contributed by atoms with Crippen LogP contribution in [0.3, 0.4) is 0 Å². The maximum absolute atomic E-state index is 12.2. The zero-order valence-electron chi connectivity index (χ0n) is 19.6. The fourth-order valence-electron chi connectivity index (χ4n) is 4.00. The van der Waals surface area contributed by atoms with E-state index in [0.29, 0.717) is 19.0 Å². The summed E-state index contributed by atoms with van der Waals surface area (Å²) in [6.07, 6.45) is 3.15. The number of aliphatic imine (C=N–C) groups is 1. The highest BCUT2D eigenvalue weighted by atomic mass is 16.1. The third-order valence-corrected chi connectivity index (χ3v) is 6.03. The number of amides is 1. The van der Waals surface area contributed by atoms with Gasteiger partial charge in [-0.15, -0.1) is 0 Å². The van der Waals surface area contributed by atoms with Crippen molar-refractivity contribution in [2.75, 3.05) is 12.4 Å². The van der Waals surface area contributed by atoms with Crippen LogP contribution in [0.5, 0.6) is 0 Å². The third-order valence-electron chi connectivity index (χ3n) is 6.03. The first-order valence-corrected chi connectivity index (χ1v) is 11.5. The van der Waals surface area contributed by atoms with Crippen molar-refractivity contribution in [1.82, 2.24) is 20.4 Å². The molecule has 0 radical (unpaired) electrons. The van der Waals surface area contributed by atoms with Gasteiger partial charge in [-0.2, -0.15) is 5.10 Å². The van der Waals surface area contributed by atoms with Crippen molar-refractivity contribution in [1.29, 1.82) is 0 Å². The van der Waals surface area contributed by atoms with Crippen LogP contribution in [0, 0.1) is 19.8 Å². The summed E-state index contributed by atoms with van der Waals surface area (Å²) in [7, 11) is 1.76. The normalized spacial score (nSPS) is 14.0. The lowest BCUT2D eigenvalue weighted by molar-refractivity contribution is -0.122. The van der Waals surface area contributed by atoms with E-state index in [0.717, 1.165) is 53.2 Å². The van der Waals surface area contributed by atoms with E-state index in [4.69, 9.17) is 0 Å². The Labute approximate surface area is 195 Å². The summed E-state index contributed by atoms with van der Waals surface area (Å²) in [5.74, 6) is 1.01. The standard InChI is InChI=1S/C26H32N6O/c1-18-14-19(2)32(31-18)24-13-5-4-9-22(24)17-29-26(27-3)28-16-20-8-6-12-23(15-20)30-25(33)21-10-7-11-21/h4-6,8-9,12-15,21H,7,10-11,16-17H2,1-3H3,(H,30,33)(H2,27,28,29). The molecule has 0 spiro atoms. The van der Waals surface area contributed by atoms with Crippen LogP contribution in [-0.2, 0) is 17.9 Å². The van der Waals surface area contributed by atoms with E-state index in [1.54, 1.807) is 7.05 Å². The highest BCUT2D eigenvalue weighted by Crippen LogP contribution is 2.27. The molecule has 33 heavy (non-hydrogen) atoms. The molecule has 1 heterocycles. The lowest BCUT2D eigenvalue weighted by Gasteiger charge is -2.24. The summed E-state index contributed by atoms with van der Waals surface area (Å²) in [4.78, 5) is 16.6. The molecule has 0 atom stereocenters. The average Bonchev–Trinajstić information content (AvgIpc) is 3.11. The number of hydrogen-bond acceptors (Lipinski definition) is 3. The van der Waals surface area contributed by atoms with Crippen molar-refractivity contribution >= 4 is 17.6 Å². The molecule has 7 nitrogen and oxygen atoms in total. The Bertz CT molecular complexity index is 1150. The lowest BCUT2D eigenvalue weighted by Crippen LogP contribution is -2.36. The number of para-hydroxylation sites is 1. The molecule has 0 aliphatic heterocycles. The minimum Gasteiger partial charge on any atom is -0.352 e. The molecule has 3 aromatic rings. The van der Waals surface area contributed by atoms with Crippen LogP contribution < -0.4 is 16.0 Å². The number of aromatic nitrogens is 2. The summed E-state index contributed by atoms with van der Waals surface area (Å²) in [6, 6.07) is 18.3. The van der Waals surface area contributed by atoms with Gasteiger partial charge in [0.25, 0.3) is 0 Å². The maximum Gasteiger partial charge on any atom is 0.227 e. The van der Waals surface area contributed by atoms with Crippen LogP contribution in [0.25, 0.3) is 5.69 Å². The number of nitrogens with zero attached hydrogens (tertiary/aromatic N) is 3. The highest BCUT2D eigenvalue weighted by Gasteiger charge is 2.25. The number of benzene rings is 2. The molecule has 1 aliphatic carbocycles. The molecule has 2 aromatic carbocycles. The molecule has 1 amide bonds. The van der Waals surface area contributed by atoms with Gasteiger partial charge >= 0.3 is 0 Å². The molecule has 1 saturated carbocycles. The first-order valence-electron chi connectivity index (χ1n) is 11.5. The van der Waals surface area contributed by atoms with E-state index < -0.39 is 0 Å². The van der Waals surface area contributed by atoms with E-state index in [1.165, 1.54) is 0 Å². The second-order valence-corrected chi connectivity index (χ2v) is 8.56. The predicted octanol–water partition coefficient (Wildman–Crippen LogP) is 4.09. The van der Waals surface area contributed by atoms with Crippen molar-refractivity contribution in [3.63, 3.8) is 0 Å². The van der Waals surface area contributed by atoms with Crippen LogP contribution >= 0.6 is 0 Å². The van der Waals surface area contributed by atoms with Crippen LogP contribution in [-0.4, -0.2) is 28.7 Å². The monoisotopic (exact) mass is 444 g/mol. The first-order chi connectivity index (χ1) is 16.0. The fourth-order valence-corrected chi connectivity index (χ4v) is 4.00. The van der Waals surface area contributed by atoms with Gasteiger partial charge < -0.3 is 16.0 Å². The zero-order valence-corrected chi connectivity index (χ0v) is 19.6. The number of rotatable bonds is 7. The van der Waals surface area contributed by atoms with E-state index in [1.807, 2.05) is 48.0 Å². The van der Waals surface area contributed by atoms with Gasteiger partial charge in [-0.05, 0) is 62.1 Å². The predicted molar refractivity (Wildman–Crippen MR) is 132 cm³/mol. The third kappa shape index (κ3) is 5.61. The van der Waals surface area contributed by atoms with E-state index in [-0.39, 0.29) is 11.8 Å². The Morgan fingerprint density at radius 3 is 2.55 bits per heavy atom. The number of carbonyl (C=O) groups excluding carboxylic acids is 1. The smallest absolute Gasteiger partial charge is 0.227 e. The first kappa shape index (κ1) is 22.6. The van der Waals surface area contributed by atoms with Gasteiger partial charge in [0.05, 0.1) is 11.4 Å². The number of hydrogen-bond donors (Lipinski definition) is 3. The molecular formula is C26H32N6O. The molecule has 7 heteroatoms. The van der Waals surface area contributed by atoms with Crippen molar-refractivity contribution in [3.05, 3.63) is 77.1 Å². The van der Waals surface area contributed by atoms with E-state index >= 15 is 0 Å². The number of nitrogens with one attached hydrogen (secondary N) is 3. The Hall–Kier alpha value is -3.61. The van der Waals surface area contributed by atoms with E-state index in [9.17, 15) is 4.79 Å². The summed E-state index contributed by atoms with van der Waals surface area (Å²) in [5.41, 5.74) is 6.21. The Morgan fingerprint density at radius 1 is 1.06 bits per heavy atom. The van der Waals surface area contributed by atoms with Crippen molar-refractivity contribution < 1.29 is 4.79 Å². The minimum absolute atomic E-state index is 0.130. The zero-order chi connectivity index (χ0) is 23.2. The Balaban J connectivity index is 1.35. The minimum atomic E-state index is 0.130. The second kappa shape index (κ2) is 10.3. The molecule has 1 aliphatic rings. The molecule has 172 valence electrons. The molecule has 3 N–H and O–H groups in total. The molecule has 0 unspecified atom stereocenters. The van der Waals surface area contributed by atoms with Gasteiger partial charge in [-0.25, -0.2) is 4.68 Å². The van der Waals surface area contributed by atoms with Gasteiger partial charge in [0, 0.05) is 37.4 Å². The van der Waals surface area contributed by atoms with Gasteiger partial charge in [-0.1, -0.05) is 36.8 Å². The van der Waals surface area contributed by atoms with Gasteiger partial charge in [0.15, 0.2) is 5.96 Å². The summed E-state index contributed by atoms with van der Waals surface area (Å²) in [5, 5.41) is 14.4. The topological polar surface area (TPSA) is 83.3 Å². The van der Waals surface area contributed by atoms with Crippen molar-refractivity contribution in [2.24, 2.45) is 10.9 Å². The Morgan fingerprint density at radius 2 is 1.85 bits per heavy atom. The summed E-state index contributed by atoms with van der Waals surface area (Å²) < 4.78 is 1.98. The quantitative estimate of drug-likeness (QED) is 0.379. The molecular weight excluding hydrogens is 412 g/mol. The van der Waals surface area contributed by atoms with Gasteiger partial charge in [0.2, 0.25) is 5.91 Å². The fraction of sp³-hybridized carbons (Fsp3) is 0.346. The van der Waals surface area contributed by atoms with Gasteiger partial charge in [-0.3, -0.25) is 9.79 Å². The average molecular weight is 445 g/mol. The van der Waals surface area contributed by atoms with Gasteiger partial charge in [0.1, 0.15) is 0 Å². The van der Waals surface area contributed by atoms with E-state index in [2.05, 4.69) is 51.2 Å². The number of carbonyl (C=O) groups is 1. The second-order valence-electron chi connectivity index (χ2n) is 8.56. The van der Waals surface area contributed by atoms with Crippen LogP contribution in [0.4, 0.5) is 5.69 Å².